The third kappa shape index (κ3) is 6.78. The second-order valence-electron chi connectivity index (χ2n) is 2.33. The van der Waals surface area contributed by atoms with Gasteiger partial charge in [0, 0.05) is 6.42 Å². The molecule has 0 unspecified atom stereocenters. The summed E-state index contributed by atoms with van der Waals surface area (Å²) in [4.78, 5) is 0. The van der Waals surface area contributed by atoms with Crippen molar-refractivity contribution in [2.75, 3.05) is 0 Å². The Morgan fingerprint density at radius 1 is 1.27 bits per heavy atom. The average molecular weight is 149 g/mol. The minimum Gasteiger partial charge on any atom is -0.313 e. The summed E-state index contributed by atoms with van der Waals surface area (Å²) in [7, 11) is 0. The molecule has 1 nitrogen and oxygen atoms in total. The first-order valence-electron chi connectivity index (χ1n) is 3.75. The fraction of sp³-hybridized carbons (Fsp3) is 0.300. The molecule has 0 aromatic rings. The molecule has 0 rings (SSSR count). The monoisotopic (exact) mass is 149 g/mol. The third-order valence-corrected chi connectivity index (χ3v) is 1.22. The Kier molecular flexibility index (Phi) is 6.30. The van der Waals surface area contributed by atoms with E-state index >= 15 is 0 Å². The molecular weight excluding hydrogens is 134 g/mol. The van der Waals surface area contributed by atoms with Gasteiger partial charge in [0.1, 0.15) is 0 Å². The van der Waals surface area contributed by atoms with Crippen molar-refractivity contribution in [1.82, 2.24) is 0 Å². The maximum atomic E-state index is 6.85. The van der Waals surface area contributed by atoms with Gasteiger partial charge in [0.2, 0.25) is 0 Å². The number of hydrogen-bond donors (Lipinski definition) is 1. The molecular formula is C10H15N. The van der Waals surface area contributed by atoms with Crippen molar-refractivity contribution >= 4 is 6.21 Å². The average Bonchev–Trinajstić information content (AvgIpc) is 1.99. The van der Waals surface area contributed by atoms with Crippen LogP contribution in [0.15, 0.2) is 36.0 Å². The Morgan fingerprint density at radius 2 is 2.00 bits per heavy atom. The van der Waals surface area contributed by atoms with Crippen LogP contribution in [-0.2, 0) is 0 Å². The molecule has 0 amide bonds. The van der Waals surface area contributed by atoms with Crippen LogP contribution in [-0.4, -0.2) is 6.21 Å². The highest BCUT2D eigenvalue weighted by Gasteiger charge is 1.79. The van der Waals surface area contributed by atoms with Crippen LogP contribution in [0.4, 0.5) is 0 Å². The van der Waals surface area contributed by atoms with Crippen molar-refractivity contribution in [2.45, 2.75) is 20.3 Å². The fourth-order valence-corrected chi connectivity index (χ4v) is 0.624. The topological polar surface area (TPSA) is 23.9 Å². The summed E-state index contributed by atoms with van der Waals surface area (Å²) in [6.07, 6.45) is 12.1. The zero-order valence-corrected chi connectivity index (χ0v) is 7.17. The van der Waals surface area contributed by atoms with E-state index in [4.69, 9.17) is 5.41 Å². The van der Waals surface area contributed by atoms with Crippen LogP contribution in [0.5, 0.6) is 0 Å². The van der Waals surface area contributed by atoms with Crippen LogP contribution in [0.3, 0.4) is 0 Å². The summed E-state index contributed by atoms with van der Waals surface area (Å²) in [5, 5.41) is 6.85. The largest absolute Gasteiger partial charge is 0.313 e. The van der Waals surface area contributed by atoms with Gasteiger partial charge in [-0.15, -0.1) is 0 Å². The molecule has 0 aromatic carbocycles. The highest BCUT2D eigenvalue weighted by atomic mass is 14.3. The van der Waals surface area contributed by atoms with Crippen LogP contribution < -0.4 is 0 Å². The lowest BCUT2D eigenvalue weighted by Crippen LogP contribution is -1.74. The Labute approximate surface area is 68.6 Å². The summed E-state index contributed by atoms with van der Waals surface area (Å²) in [6.45, 7) is 4.00. The SMILES string of the molecule is C\C=C/C=C\C=C(/C)CC=N. The molecule has 60 valence electrons. The lowest BCUT2D eigenvalue weighted by molar-refractivity contribution is 1.27. The van der Waals surface area contributed by atoms with E-state index in [0.717, 1.165) is 6.42 Å². The van der Waals surface area contributed by atoms with Gasteiger partial charge in [0.15, 0.2) is 0 Å². The molecule has 0 aliphatic carbocycles. The van der Waals surface area contributed by atoms with E-state index in [1.165, 1.54) is 11.8 Å². The molecule has 11 heavy (non-hydrogen) atoms. The molecule has 0 spiro atoms. The smallest absolute Gasteiger partial charge is 0.00305 e. The molecule has 0 radical (unpaired) electrons. The fourth-order valence-electron chi connectivity index (χ4n) is 0.624. The number of hydrogen-bond acceptors (Lipinski definition) is 1. The standard InChI is InChI=1S/C10H15N/c1-3-4-5-6-7-10(2)8-9-11/h3-7,9,11H,8H2,1-2H3/b4-3-,6-5-,10-7+,11-9?. The lowest BCUT2D eigenvalue weighted by Gasteiger charge is -1.88. The van der Waals surface area contributed by atoms with E-state index in [1.54, 1.807) is 0 Å². The summed E-state index contributed by atoms with van der Waals surface area (Å²) >= 11 is 0. The Bertz CT molecular complexity index is 185. The van der Waals surface area contributed by atoms with Gasteiger partial charge in [0.05, 0.1) is 0 Å². The normalized spacial score (nSPS) is 13.1. The highest BCUT2D eigenvalue weighted by Crippen LogP contribution is 1.96. The molecule has 1 heteroatoms. The Hall–Kier alpha value is -1.11. The van der Waals surface area contributed by atoms with Crippen LogP contribution in [0.25, 0.3) is 0 Å². The van der Waals surface area contributed by atoms with Gasteiger partial charge >= 0.3 is 0 Å². The lowest BCUT2D eigenvalue weighted by atomic mass is 10.2. The van der Waals surface area contributed by atoms with E-state index in [0.29, 0.717) is 0 Å². The van der Waals surface area contributed by atoms with Gasteiger partial charge in [0.25, 0.3) is 0 Å². The van der Waals surface area contributed by atoms with E-state index in [9.17, 15) is 0 Å². The van der Waals surface area contributed by atoms with Crippen molar-refractivity contribution in [2.24, 2.45) is 0 Å². The van der Waals surface area contributed by atoms with Crippen molar-refractivity contribution in [1.29, 1.82) is 5.41 Å². The van der Waals surface area contributed by atoms with Gasteiger partial charge in [-0.05, 0) is 20.1 Å². The highest BCUT2D eigenvalue weighted by molar-refractivity contribution is 5.57. The van der Waals surface area contributed by atoms with E-state index in [-0.39, 0.29) is 0 Å². The maximum Gasteiger partial charge on any atom is 0.00305 e. The predicted octanol–water partition coefficient (Wildman–Crippen LogP) is 3.10. The molecule has 0 saturated heterocycles. The first kappa shape index (κ1) is 9.89. The molecule has 0 aromatic heterocycles. The number of allylic oxidation sites excluding steroid dienone is 6. The van der Waals surface area contributed by atoms with Crippen molar-refractivity contribution in [3.63, 3.8) is 0 Å². The van der Waals surface area contributed by atoms with E-state index in [2.05, 4.69) is 0 Å². The molecule has 0 heterocycles. The van der Waals surface area contributed by atoms with Gasteiger partial charge < -0.3 is 5.41 Å². The zero-order chi connectivity index (χ0) is 8.53. The van der Waals surface area contributed by atoms with Crippen molar-refractivity contribution in [3.05, 3.63) is 36.0 Å². The quantitative estimate of drug-likeness (QED) is 0.469. The number of rotatable bonds is 4. The second kappa shape index (κ2) is 7.00. The third-order valence-electron chi connectivity index (χ3n) is 1.22. The predicted molar refractivity (Wildman–Crippen MR) is 51.1 cm³/mol. The van der Waals surface area contributed by atoms with Gasteiger partial charge in [-0.3, -0.25) is 0 Å². The number of nitrogens with one attached hydrogen (secondary N) is 1. The molecule has 0 bridgehead atoms. The summed E-state index contributed by atoms with van der Waals surface area (Å²) in [5.74, 6) is 0. The molecule has 0 aliphatic rings. The minimum atomic E-state index is 0.750. The van der Waals surface area contributed by atoms with Crippen LogP contribution in [0, 0.1) is 5.41 Å². The first-order chi connectivity index (χ1) is 5.31. The molecule has 1 N–H and O–H groups in total. The minimum absolute atomic E-state index is 0.750. The summed E-state index contributed by atoms with van der Waals surface area (Å²) in [5.41, 5.74) is 1.21. The van der Waals surface area contributed by atoms with Crippen molar-refractivity contribution in [3.8, 4) is 0 Å². The van der Waals surface area contributed by atoms with Crippen LogP contribution in [0.2, 0.25) is 0 Å². The zero-order valence-electron chi connectivity index (χ0n) is 7.17. The molecule has 0 saturated carbocycles. The van der Waals surface area contributed by atoms with Crippen LogP contribution >= 0.6 is 0 Å². The molecule has 0 atom stereocenters. The summed E-state index contributed by atoms with van der Waals surface area (Å²) in [6, 6.07) is 0. The van der Waals surface area contributed by atoms with Gasteiger partial charge in [-0.25, -0.2) is 0 Å². The summed E-state index contributed by atoms with van der Waals surface area (Å²) < 4.78 is 0. The second-order valence-corrected chi connectivity index (χ2v) is 2.33. The molecule has 0 fully saturated rings. The van der Waals surface area contributed by atoms with Gasteiger partial charge in [-0.2, -0.15) is 0 Å². The van der Waals surface area contributed by atoms with Crippen molar-refractivity contribution < 1.29 is 0 Å². The van der Waals surface area contributed by atoms with E-state index < -0.39 is 0 Å². The first-order valence-corrected chi connectivity index (χ1v) is 3.75. The van der Waals surface area contributed by atoms with Crippen LogP contribution in [0.1, 0.15) is 20.3 Å². The Morgan fingerprint density at radius 3 is 2.55 bits per heavy atom. The maximum absolute atomic E-state index is 6.85. The molecule has 0 aliphatic heterocycles. The Balaban J connectivity index is 3.79. The van der Waals surface area contributed by atoms with E-state index in [1.807, 2.05) is 44.2 Å². The van der Waals surface area contributed by atoms with Gasteiger partial charge in [-0.1, -0.05) is 36.0 Å².